The lowest BCUT2D eigenvalue weighted by atomic mass is 10.2. The van der Waals surface area contributed by atoms with Gasteiger partial charge in [0.25, 0.3) is 0 Å². The highest BCUT2D eigenvalue weighted by molar-refractivity contribution is 6.02. The van der Waals surface area contributed by atoms with Gasteiger partial charge >= 0.3 is 0 Å². The molecule has 0 fully saturated rings. The van der Waals surface area contributed by atoms with Gasteiger partial charge in [-0.3, -0.25) is 0 Å². The number of hydrogen-bond donors (Lipinski definition) is 0. The topological polar surface area (TPSA) is 17.3 Å². The number of fused-ring (bicyclic) bond motifs is 1. The van der Waals surface area contributed by atoms with Crippen LogP contribution in [0.4, 0.5) is 4.39 Å². The Kier molecular flexibility index (Phi) is 0.477. The lowest BCUT2D eigenvalue weighted by molar-refractivity contribution is 0.589. The Bertz CT molecular complexity index is 440. The first-order valence-corrected chi connectivity index (χ1v) is 3.05. The third-order valence-electron chi connectivity index (χ3n) is 1.87. The molecule has 4 heterocycles. The Morgan fingerprint density at radius 3 is 2.40 bits per heavy atom. The second kappa shape index (κ2) is 1.08. The monoisotopic (exact) mass is 134 g/mol. The molecule has 4 aromatic heterocycles. The molecular weight excluding hydrogens is 131 g/mol. The average molecular weight is 134 g/mol. The summed E-state index contributed by atoms with van der Waals surface area (Å²) in [5, 5.41) is 4.32. The molecule has 4 aromatic rings. The van der Waals surface area contributed by atoms with Gasteiger partial charge in [0, 0.05) is 0 Å². The third-order valence-corrected chi connectivity index (χ3v) is 1.87. The summed E-state index contributed by atoms with van der Waals surface area (Å²) in [6.07, 6.45) is 0. The van der Waals surface area contributed by atoms with Crippen molar-refractivity contribution in [3.63, 3.8) is 0 Å². The smallest absolute Gasteiger partial charge is 0.229 e. The molecule has 4 bridgehead atoms. The quantitative estimate of drug-likeness (QED) is 0.455. The first-order valence-electron chi connectivity index (χ1n) is 3.05. The van der Waals surface area contributed by atoms with Crippen molar-refractivity contribution in [3.8, 4) is 0 Å². The first-order chi connectivity index (χ1) is 4.88. The maximum atomic E-state index is 12.7. The summed E-state index contributed by atoms with van der Waals surface area (Å²) in [4.78, 5) is 0. The van der Waals surface area contributed by atoms with Gasteiger partial charge in [-0.2, -0.15) is 4.39 Å². The van der Waals surface area contributed by atoms with Crippen LogP contribution in [0.15, 0.2) is 18.2 Å². The maximum absolute atomic E-state index is 12.7. The van der Waals surface area contributed by atoms with Crippen LogP contribution in [0.3, 0.4) is 0 Å². The molecular formula is C7H3FN2. The van der Waals surface area contributed by atoms with Gasteiger partial charge in [-0.25, -0.2) is 4.52 Å². The van der Waals surface area contributed by atoms with Gasteiger partial charge < -0.3 is 0 Å². The van der Waals surface area contributed by atoms with Gasteiger partial charge in [-0.05, 0) is 12.1 Å². The van der Waals surface area contributed by atoms with Gasteiger partial charge in [0.15, 0.2) is 0 Å². The molecule has 2 nitrogen and oxygen atoms in total. The maximum Gasteiger partial charge on any atom is 0.243 e. The number of hydrogen-bond acceptors (Lipinski definition) is 1. The van der Waals surface area contributed by atoms with E-state index in [0.717, 1.165) is 11.0 Å². The molecule has 0 aliphatic carbocycles. The predicted octanol–water partition coefficient (Wildman–Crippen LogP) is 1.50. The zero-order chi connectivity index (χ0) is 6.72. The van der Waals surface area contributed by atoms with Crippen LogP contribution in [-0.4, -0.2) is 9.61 Å². The molecule has 0 atom stereocenters. The van der Waals surface area contributed by atoms with Crippen LogP contribution >= 0.6 is 0 Å². The minimum atomic E-state index is -0.342. The van der Waals surface area contributed by atoms with E-state index in [-0.39, 0.29) is 5.95 Å². The van der Waals surface area contributed by atoms with Crippen molar-refractivity contribution in [2.75, 3.05) is 0 Å². The zero-order valence-corrected chi connectivity index (χ0v) is 5.00. The van der Waals surface area contributed by atoms with Crippen LogP contribution in [0.1, 0.15) is 0 Å². The molecule has 0 saturated carbocycles. The highest BCUT2D eigenvalue weighted by Gasteiger charge is 2.18. The fraction of sp³-hybridized carbons (Fsp3) is 0. The summed E-state index contributed by atoms with van der Waals surface area (Å²) in [5.74, 6) is -0.342. The molecule has 0 radical (unpaired) electrons. The van der Waals surface area contributed by atoms with E-state index < -0.39 is 0 Å². The van der Waals surface area contributed by atoms with Crippen LogP contribution in [0, 0.1) is 5.95 Å². The lowest BCUT2D eigenvalue weighted by Gasteiger charge is -2.02. The molecule has 3 heteroatoms. The molecule has 0 spiro atoms. The Labute approximate surface area is 55.5 Å². The summed E-state index contributed by atoms with van der Waals surface area (Å²) in [7, 11) is 0. The van der Waals surface area contributed by atoms with E-state index in [1.807, 2.05) is 18.2 Å². The molecule has 0 aromatic carbocycles. The van der Waals surface area contributed by atoms with E-state index >= 15 is 0 Å². The minimum absolute atomic E-state index is 0.342. The van der Waals surface area contributed by atoms with E-state index in [0.29, 0.717) is 5.39 Å². The lowest BCUT2D eigenvalue weighted by Crippen LogP contribution is -1.91. The van der Waals surface area contributed by atoms with Gasteiger partial charge in [0.1, 0.15) is 0 Å². The zero-order valence-electron chi connectivity index (χ0n) is 5.00. The molecule has 0 aliphatic heterocycles. The van der Waals surface area contributed by atoms with E-state index in [1.165, 1.54) is 0 Å². The Hall–Kier alpha value is -1.38. The van der Waals surface area contributed by atoms with Gasteiger partial charge in [-0.1, -0.05) is 6.07 Å². The normalized spacial score (nSPS) is 12.5. The Morgan fingerprint density at radius 2 is 2.00 bits per heavy atom. The predicted molar refractivity (Wildman–Crippen MR) is 35.0 cm³/mol. The molecule has 0 N–H and O–H groups in total. The standard InChI is InChI=1S/C7H3FN2/c8-7-6-4-2-1-3-5(6)10(4)9-7/h1-3H. The van der Waals surface area contributed by atoms with E-state index in [9.17, 15) is 4.39 Å². The first kappa shape index (κ1) is 4.44. The molecule has 4 rings (SSSR count). The summed E-state index contributed by atoms with van der Waals surface area (Å²) in [5.41, 5.74) is 1.80. The van der Waals surface area contributed by atoms with Crippen LogP contribution in [0.5, 0.6) is 0 Å². The second-order valence-corrected chi connectivity index (χ2v) is 2.37. The summed E-state index contributed by atoms with van der Waals surface area (Å²) in [6, 6.07) is 5.62. The second-order valence-electron chi connectivity index (χ2n) is 2.37. The average Bonchev–Trinajstić information content (AvgIpc) is 2.46. The number of rotatable bonds is 0. The van der Waals surface area contributed by atoms with Crippen molar-refractivity contribution in [3.05, 3.63) is 24.1 Å². The molecule has 0 aliphatic rings. The summed E-state index contributed by atoms with van der Waals surface area (Å²) < 4.78 is 14.3. The molecule has 0 unspecified atom stereocenters. The van der Waals surface area contributed by atoms with Gasteiger partial charge in [-0.15, -0.1) is 5.10 Å². The highest BCUT2D eigenvalue weighted by Crippen LogP contribution is 2.29. The van der Waals surface area contributed by atoms with Crippen LogP contribution in [-0.2, 0) is 0 Å². The van der Waals surface area contributed by atoms with Crippen molar-refractivity contribution in [2.45, 2.75) is 0 Å². The number of halogens is 1. The number of pyridine rings is 1. The fourth-order valence-electron chi connectivity index (χ4n) is 1.42. The highest BCUT2D eigenvalue weighted by atomic mass is 19.1. The molecule has 0 amide bonds. The van der Waals surface area contributed by atoms with E-state index in [2.05, 4.69) is 5.10 Å². The van der Waals surface area contributed by atoms with Crippen LogP contribution in [0.25, 0.3) is 16.4 Å². The Morgan fingerprint density at radius 1 is 1.30 bits per heavy atom. The minimum Gasteiger partial charge on any atom is -0.229 e. The molecule has 0 saturated heterocycles. The van der Waals surface area contributed by atoms with Crippen molar-refractivity contribution < 1.29 is 4.39 Å². The number of aromatic nitrogens is 2. The third kappa shape index (κ3) is 0.255. The van der Waals surface area contributed by atoms with Crippen LogP contribution in [0.2, 0.25) is 0 Å². The number of nitrogens with zero attached hydrogens (tertiary/aromatic N) is 2. The van der Waals surface area contributed by atoms with Crippen LogP contribution < -0.4 is 0 Å². The molecule has 48 valence electrons. The summed E-state index contributed by atoms with van der Waals surface area (Å²) in [6.45, 7) is 0. The largest absolute Gasteiger partial charge is 0.243 e. The van der Waals surface area contributed by atoms with Crippen molar-refractivity contribution in [1.29, 1.82) is 0 Å². The van der Waals surface area contributed by atoms with Crippen molar-refractivity contribution in [1.82, 2.24) is 9.61 Å². The Balaban J connectivity index is 2.79. The van der Waals surface area contributed by atoms with Crippen molar-refractivity contribution >= 4 is 16.4 Å². The van der Waals surface area contributed by atoms with E-state index in [1.54, 1.807) is 4.52 Å². The van der Waals surface area contributed by atoms with Crippen molar-refractivity contribution in [2.24, 2.45) is 0 Å². The van der Waals surface area contributed by atoms with Gasteiger partial charge in [0.05, 0.1) is 16.4 Å². The molecule has 10 heavy (non-hydrogen) atoms. The van der Waals surface area contributed by atoms with E-state index in [4.69, 9.17) is 0 Å². The fourth-order valence-corrected chi connectivity index (χ4v) is 1.42. The SMILES string of the molecule is Fc1nn2c3cccc2c13. The number of benzene rings is 1. The summed E-state index contributed by atoms with van der Waals surface area (Å²) >= 11 is 0. The van der Waals surface area contributed by atoms with Gasteiger partial charge in [0.2, 0.25) is 5.95 Å².